The van der Waals surface area contributed by atoms with Crippen molar-refractivity contribution < 1.29 is 4.74 Å². The van der Waals surface area contributed by atoms with Gasteiger partial charge in [0.2, 0.25) is 0 Å². The normalized spacial score (nSPS) is 19.9. The Labute approximate surface area is 130 Å². The first-order valence-corrected chi connectivity index (χ1v) is 7.95. The fourth-order valence-electron chi connectivity index (χ4n) is 2.59. The highest BCUT2D eigenvalue weighted by Gasteiger charge is 2.25. The third-order valence-corrected chi connectivity index (χ3v) is 3.90. The van der Waals surface area contributed by atoms with Gasteiger partial charge in [-0.25, -0.2) is 4.98 Å². The van der Waals surface area contributed by atoms with Gasteiger partial charge in [-0.3, -0.25) is 14.7 Å². The van der Waals surface area contributed by atoms with Gasteiger partial charge < -0.3 is 4.74 Å². The summed E-state index contributed by atoms with van der Waals surface area (Å²) in [5.74, 6) is 1.67. The summed E-state index contributed by atoms with van der Waals surface area (Å²) in [6.45, 7) is 9.58. The standard InChI is InChI=1S/C15H24N6O/c1-4-14-16-15(18-17-14)13-10-20(7-8-22-13)9-12-5-6-21(19-12)11(2)3/h5-6,11,13H,4,7-10H2,1-3H3,(H,16,17,18). The Morgan fingerprint density at radius 1 is 1.45 bits per heavy atom. The third kappa shape index (κ3) is 3.36. The van der Waals surface area contributed by atoms with Gasteiger partial charge in [-0.2, -0.15) is 10.2 Å². The van der Waals surface area contributed by atoms with Crippen molar-refractivity contribution in [2.45, 2.75) is 45.9 Å². The molecule has 0 bridgehead atoms. The lowest BCUT2D eigenvalue weighted by molar-refractivity contribution is -0.0374. The lowest BCUT2D eigenvalue weighted by Crippen LogP contribution is -2.38. The molecule has 0 spiro atoms. The number of aryl methyl sites for hydroxylation is 1. The van der Waals surface area contributed by atoms with Crippen molar-refractivity contribution in [2.24, 2.45) is 0 Å². The Balaban J connectivity index is 1.62. The van der Waals surface area contributed by atoms with E-state index in [4.69, 9.17) is 4.74 Å². The van der Waals surface area contributed by atoms with Crippen molar-refractivity contribution in [3.63, 3.8) is 0 Å². The van der Waals surface area contributed by atoms with Gasteiger partial charge in [0.25, 0.3) is 0 Å². The average molecular weight is 304 g/mol. The van der Waals surface area contributed by atoms with E-state index in [1.54, 1.807) is 0 Å². The predicted molar refractivity (Wildman–Crippen MR) is 82.3 cm³/mol. The van der Waals surface area contributed by atoms with Gasteiger partial charge in [0.15, 0.2) is 5.82 Å². The maximum absolute atomic E-state index is 5.82. The summed E-state index contributed by atoms with van der Waals surface area (Å²) in [4.78, 5) is 6.83. The van der Waals surface area contributed by atoms with Crippen molar-refractivity contribution in [3.8, 4) is 0 Å². The smallest absolute Gasteiger partial charge is 0.180 e. The molecule has 0 aromatic carbocycles. The monoisotopic (exact) mass is 304 g/mol. The predicted octanol–water partition coefficient (Wildman–Crippen LogP) is 1.72. The van der Waals surface area contributed by atoms with Crippen LogP contribution < -0.4 is 0 Å². The highest BCUT2D eigenvalue weighted by Crippen LogP contribution is 2.20. The van der Waals surface area contributed by atoms with Crippen LogP contribution >= 0.6 is 0 Å². The number of H-pyrrole nitrogens is 1. The van der Waals surface area contributed by atoms with Gasteiger partial charge >= 0.3 is 0 Å². The largest absolute Gasteiger partial charge is 0.367 e. The van der Waals surface area contributed by atoms with Crippen LogP contribution in [0.1, 0.15) is 50.3 Å². The zero-order valence-corrected chi connectivity index (χ0v) is 13.5. The Kier molecular flexibility index (Phi) is 4.54. The van der Waals surface area contributed by atoms with Crippen LogP contribution in [-0.2, 0) is 17.7 Å². The van der Waals surface area contributed by atoms with Crippen LogP contribution in [0.15, 0.2) is 12.3 Å². The molecule has 2 aromatic rings. The molecule has 1 saturated heterocycles. The molecule has 0 radical (unpaired) electrons. The molecule has 7 heteroatoms. The zero-order valence-electron chi connectivity index (χ0n) is 13.5. The van der Waals surface area contributed by atoms with E-state index < -0.39 is 0 Å². The third-order valence-electron chi connectivity index (χ3n) is 3.90. The number of aromatic nitrogens is 5. The minimum atomic E-state index is -0.0579. The van der Waals surface area contributed by atoms with Crippen molar-refractivity contribution in [1.29, 1.82) is 0 Å². The number of morpholine rings is 1. The van der Waals surface area contributed by atoms with E-state index in [2.05, 4.69) is 52.0 Å². The van der Waals surface area contributed by atoms with E-state index in [0.29, 0.717) is 12.6 Å². The zero-order chi connectivity index (χ0) is 15.5. The summed E-state index contributed by atoms with van der Waals surface area (Å²) in [5, 5.41) is 11.8. The maximum Gasteiger partial charge on any atom is 0.180 e. The first kappa shape index (κ1) is 15.2. The molecule has 0 aliphatic carbocycles. The topological polar surface area (TPSA) is 71.9 Å². The highest BCUT2D eigenvalue weighted by molar-refractivity contribution is 5.01. The van der Waals surface area contributed by atoms with Gasteiger partial charge in [0.1, 0.15) is 11.9 Å². The molecule has 0 saturated carbocycles. The average Bonchev–Trinajstić information content (AvgIpc) is 3.16. The van der Waals surface area contributed by atoms with E-state index >= 15 is 0 Å². The molecule has 120 valence electrons. The van der Waals surface area contributed by atoms with Crippen molar-refractivity contribution in [2.75, 3.05) is 19.7 Å². The van der Waals surface area contributed by atoms with E-state index in [1.807, 2.05) is 10.9 Å². The molecular weight excluding hydrogens is 280 g/mol. The minimum Gasteiger partial charge on any atom is -0.367 e. The maximum atomic E-state index is 5.82. The van der Waals surface area contributed by atoms with Crippen molar-refractivity contribution >= 4 is 0 Å². The molecule has 22 heavy (non-hydrogen) atoms. The number of rotatable bonds is 5. The Hall–Kier alpha value is -1.73. The second-order valence-corrected chi connectivity index (χ2v) is 5.97. The molecule has 7 nitrogen and oxygen atoms in total. The van der Waals surface area contributed by atoms with Gasteiger partial charge in [-0.05, 0) is 19.9 Å². The van der Waals surface area contributed by atoms with Crippen LogP contribution in [0.4, 0.5) is 0 Å². The summed E-state index contributed by atoms with van der Waals surface area (Å²) < 4.78 is 7.82. The van der Waals surface area contributed by atoms with Crippen molar-refractivity contribution in [1.82, 2.24) is 29.9 Å². The molecular formula is C15H24N6O. The first-order valence-electron chi connectivity index (χ1n) is 7.95. The summed E-state index contributed by atoms with van der Waals surface area (Å²) in [5.41, 5.74) is 1.10. The molecule has 1 aliphatic heterocycles. The van der Waals surface area contributed by atoms with Gasteiger partial charge in [0, 0.05) is 38.3 Å². The summed E-state index contributed by atoms with van der Waals surface area (Å²) >= 11 is 0. The van der Waals surface area contributed by atoms with Crippen LogP contribution in [0.5, 0.6) is 0 Å². The van der Waals surface area contributed by atoms with Crippen LogP contribution in [0.2, 0.25) is 0 Å². The van der Waals surface area contributed by atoms with Gasteiger partial charge in [-0.15, -0.1) is 0 Å². The molecule has 1 atom stereocenters. The summed E-state index contributed by atoms with van der Waals surface area (Å²) in [6.07, 6.45) is 2.84. The van der Waals surface area contributed by atoms with E-state index in [1.165, 1.54) is 0 Å². The van der Waals surface area contributed by atoms with Crippen molar-refractivity contribution in [3.05, 3.63) is 29.6 Å². The van der Waals surface area contributed by atoms with E-state index in [-0.39, 0.29) is 6.10 Å². The number of nitrogens with zero attached hydrogens (tertiary/aromatic N) is 5. The first-order chi connectivity index (χ1) is 10.7. The highest BCUT2D eigenvalue weighted by atomic mass is 16.5. The van der Waals surface area contributed by atoms with Gasteiger partial charge in [0.05, 0.1) is 12.3 Å². The number of nitrogens with one attached hydrogen (secondary N) is 1. The Bertz CT molecular complexity index is 605. The lowest BCUT2D eigenvalue weighted by Gasteiger charge is -2.30. The van der Waals surface area contributed by atoms with Gasteiger partial charge in [-0.1, -0.05) is 6.92 Å². The van der Waals surface area contributed by atoms with Crippen LogP contribution in [0, 0.1) is 0 Å². The van der Waals surface area contributed by atoms with Crippen LogP contribution in [-0.4, -0.2) is 49.6 Å². The van der Waals surface area contributed by atoms with E-state index in [9.17, 15) is 0 Å². The molecule has 2 aromatic heterocycles. The summed E-state index contributed by atoms with van der Waals surface area (Å²) in [7, 11) is 0. The second-order valence-electron chi connectivity index (χ2n) is 5.97. The molecule has 1 fully saturated rings. The lowest BCUT2D eigenvalue weighted by atomic mass is 10.2. The number of hydrogen-bond acceptors (Lipinski definition) is 5. The quantitative estimate of drug-likeness (QED) is 0.910. The molecule has 1 unspecified atom stereocenters. The van der Waals surface area contributed by atoms with Crippen LogP contribution in [0.25, 0.3) is 0 Å². The molecule has 3 rings (SSSR count). The fraction of sp³-hybridized carbons (Fsp3) is 0.667. The SMILES string of the molecule is CCc1nc(C2CN(Cc3ccn(C(C)C)n3)CCO2)n[nH]1. The molecule has 0 amide bonds. The minimum absolute atomic E-state index is 0.0579. The Morgan fingerprint density at radius 3 is 3.00 bits per heavy atom. The summed E-state index contributed by atoms with van der Waals surface area (Å²) in [6, 6.07) is 2.49. The molecule has 3 heterocycles. The van der Waals surface area contributed by atoms with Crippen LogP contribution in [0.3, 0.4) is 0 Å². The number of ether oxygens (including phenoxy) is 1. The Morgan fingerprint density at radius 2 is 2.32 bits per heavy atom. The van der Waals surface area contributed by atoms with E-state index in [0.717, 1.165) is 43.4 Å². The molecule has 1 aliphatic rings. The number of aromatic amines is 1. The molecule has 1 N–H and O–H groups in total. The number of hydrogen-bond donors (Lipinski definition) is 1. The fourth-order valence-corrected chi connectivity index (χ4v) is 2.59. The second kappa shape index (κ2) is 6.58.